The lowest BCUT2D eigenvalue weighted by Crippen LogP contribution is -2.35. The molecule has 0 saturated carbocycles. The number of nitrogens with zero attached hydrogens (tertiary/aromatic N) is 1. The van der Waals surface area contributed by atoms with E-state index in [4.69, 9.17) is 4.74 Å². The van der Waals surface area contributed by atoms with Crippen molar-refractivity contribution in [2.75, 3.05) is 24.7 Å². The van der Waals surface area contributed by atoms with Crippen molar-refractivity contribution in [2.45, 2.75) is 32.6 Å². The summed E-state index contributed by atoms with van der Waals surface area (Å²) in [5.74, 6) is 0.224. The van der Waals surface area contributed by atoms with E-state index in [1.807, 2.05) is 24.0 Å². The molecule has 1 amide bonds. The minimum atomic E-state index is 0.224. The molecule has 18 heavy (non-hydrogen) atoms. The minimum Gasteiger partial charge on any atom is -0.382 e. The van der Waals surface area contributed by atoms with E-state index in [9.17, 15) is 4.79 Å². The van der Waals surface area contributed by atoms with Crippen molar-refractivity contribution in [2.24, 2.45) is 0 Å². The number of carbonyl (C=O) groups excluding carboxylic acids is 1. The Morgan fingerprint density at radius 3 is 3.06 bits per heavy atom. The van der Waals surface area contributed by atoms with Crippen LogP contribution in [0.5, 0.6) is 0 Å². The van der Waals surface area contributed by atoms with Crippen molar-refractivity contribution in [3.8, 4) is 0 Å². The SMILES string of the molecule is CCOCCCC(=O)N1CCCc2ccccc21. The fourth-order valence-corrected chi connectivity index (χ4v) is 2.40. The zero-order chi connectivity index (χ0) is 12.8. The summed E-state index contributed by atoms with van der Waals surface area (Å²) in [6.45, 7) is 4.23. The first-order valence-corrected chi connectivity index (χ1v) is 6.79. The molecule has 2 rings (SSSR count). The predicted molar refractivity (Wildman–Crippen MR) is 72.8 cm³/mol. The molecule has 0 spiro atoms. The van der Waals surface area contributed by atoms with Gasteiger partial charge in [-0.2, -0.15) is 0 Å². The number of anilines is 1. The quantitative estimate of drug-likeness (QED) is 0.749. The van der Waals surface area contributed by atoms with Gasteiger partial charge in [-0.15, -0.1) is 0 Å². The number of ether oxygens (including phenoxy) is 1. The highest BCUT2D eigenvalue weighted by Crippen LogP contribution is 2.27. The molecule has 0 fully saturated rings. The monoisotopic (exact) mass is 247 g/mol. The first kappa shape index (κ1) is 13.1. The number of fused-ring (bicyclic) bond motifs is 1. The van der Waals surface area contributed by atoms with E-state index in [0.717, 1.165) is 38.1 Å². The van der Waals surface area contributed by atoms with Crippen molar-refractivity contribution in [1.82, 2.24) is 0 Å². The summed E-state index contributed by atoms with van der Waals surface area (Å²) in [5, 5.41) is 0. The molecule has 0 aromatic heterocycles. The number of benzene rings is 1. The Balaban J connectivity index is 1.95. The van der Waals surface area contributed by atoms with Crippen LogP contribution in [-0.2, 0) is 16.0 Å². The van der Waals surface area contributed by atoms with Gasteiger partial charge in [0.25, 0.3) is 0 Å². The highest BCUT2D eigenvalue weighted by molar-refractivity contribution is 5.94. The third-order valence-corrected chi connectivity index (χ3v) is 3.29. The van der Waals surface area contributed by atoms with Gasteiger partial charge in [0.15, 0.2) is 0 Å². The number of para-hydroxylation sites is 1. The van der Waals surface area contributed by atoms with Gasteiger partial charge in [-0.05, 0) is 37.8 Å². The molecular weight excluding hydrogens is 226 g/mol. The topological polar surface area (TPSA) is 29.5 Å². The Morgan fingerprint density at radius 2 is 2.22 bits per heavy atom. The van der Waals surface area contributed by atoms with E-state index in [2.05, 4.69) is 12.1 Å². The van der Waals surface area contributed by atoms with Crippen LogP contribution in [0, 0.1) is 0 Å². The zero-order valence-electron chi connectivity index (χ0n) is 11.0. The number of aryl methyl sites for hydroxylation is 1. The Morgan fingerprint density at radius 1 is 1.39 bits per heavy atom. The number of amides is 1. The predicted octanol–water partition coefficient (Wildman–Crippen LogP) is 2.78. The van der Waals surface area contributed by atoms with Gasteiger partial charge in [-0.1, -0.05) is 18.2 Å². The minimum absolute atomic E-state index is 0.224. The molecule has 0 N–H and O–H groups in total. The van der Waals surface area contributed by atoms with E-state index in [-0.39, 0.29) is 5.91 Å². The van der Waals surface area contributed by atoms with E-state index < -0.39 is 0 Å². The molecule has 1 heterocycles. The Hall–Kier alpha value is -1.35. The van der Waals surface area contributed by atoms with Crippen LogP contribution < -0.4 is 4.90 Å². The van der Waals surface area contributed by atoms with E-state index in [1.165, 1.54) is 5.56 Å². The van der Waals surface area contributed by atoms with Crippen molar-refractivity contribution >= 4 is 11.6 Å². The molecule has 0 aliphatic carbocycles. The first-order chi connectivity index (χ1) is 8.83. The van der Waals surface area contributed by atoms with Crippen LogP contribution in [0.15, 0.2) is 24.3 Å². The fraction of sp³-hybridized carbons (Fsp3) is 0.533. The van der Waals surface area contributed by atoms with Gasteiger partial charge >= 0.3 is 0 Å². The van der Waals surface area contributed by atoms with Crippen LogP contribution in [0.25, 0.3) is 0 Å². The average molecular weight is 247 g/mol. The molecule has 0 unspecified atom stereocenters. The number of rotatable bonds is 5. The van der Waals surface area contributed by atoms with Crippen molar-refractivity contribution in [1.29, 1.82) is 0 Å². The maximum atomic E-state index is 12.2. The Bertz CT molecular complexity index is 403. The van der Waals surface area contributed by atoms with Crippen molar-refractivity contribution in [3.05, 3.63) is 29.8 Å². The summed E-state index contributed by atoms with van der Waals surface area (Å²) in [7, 11) is 0. The average Bonchev–Trinajstić information content (AvgIpc) is 2.43. The van der Waals surface area contributed by atoms with Crippen LogP contribution in [0.3, 0.4) is 0 Å². The van der Waals surface area contributed by atoms with Gasteiger partial charge in [-0.3, -0.25) is 4.79 Å². The molecule has 0 radical (unpaired) electrons. The van der Waals surface area contributed by atoms with Crippen LogP contribution in [0.4, 0.5) is 5.69 Å². The van der Waals surface area contributed by atoms with Crippen LogP contribution >= 0.6 is 0 Å². The lowest BCUT2D eigenvalue weighted by atomic mass is 10.0. The van der Waals surface area contributed by atoms with E-state index >= 15 is 0 Å². The van der Waals surface area contributed by atoms with Gasteiger partial charge in [0, 0.05) is 31.9 Å². The molecule has 1 aliphatic rings. The Labute approximate surface area is 109 Å². The second-order valence-corrected chi connectivity index (χ2v) is 4.58. The fourth-order valence-electron chi connectivity index (χ4n) is 2.40. The number of carbonyl (C=O) groups is 1. The summed E-state index contributed by atoms with van der Waals surface area (Å²) < 4.78 is 5.27. The zero-order valence-corrected chi connectivity index (χ0v) is 11.0. The van der Waals surface area contributed by atoms with Gasteiger partial charge in [0.05, 0.1) is 0 Å². The molecule has 98 valence electrons. The van der Waals surface area contributed by atoms with Crippen LogP contribution in [0.1, 0.15) is 31.7 Å². The lowest BCUT2D eigenvalue weighted by Gasteiger charge is -2.29. The van der Waals surface area contributed by atoms with E-state index in [1.54, 1.807) is 0 Å². The summed E-state index contributed by atoms with van der Waals surface area (Å²) in [5.41, 5.74) is 2.40. The van der Waals surface area contributed by atoms with Gasteiger partial charge in [-0.25, -0.2) is 0 Å². The maximum Gasteiger partial charge on any atom is 0.227 e. The molecule has 1 aliphatic heterocycles. The molecule has 3 nitrogen and oxygen atoms in total. The van der Waals surface area contributed by atoms with Gasteiger partial charge in [0.2, 0.25) is 5.91 Å². The third-order valence-electron chi connectivity index (χ3n) is 3.29. The third kappa shape index (κ3) is 3.10. The van der Waals surface area contributed by atoms with Gasteiger partial charge in [0.1, 0.15) is 0 Å². The van der Waals surface area contributed by atoms with E-state index in [0.29, 0.717) is 13.0 Å². The molecular formula is C15H21NO2. The van der Waals surface area contributed by atoms with Crippen LogP contribution in [-0.4, -0.2) is 25.7 Å². The molecule has 0 bridgehead atoms. The standard InChI is InChI=1S/C15H21NO2/c1-2-18-12-6-10-15(17)16-11-5-8-13-7-3-4-9-14(13)16/h3-4,7,9H,2,5-6,8,10-12H2,1H3. The Kier molecular flexibility index (Phi) is 4.76. The molecule has 1 aromatic carbocycles. The molecule has 0 saturated heterocycles. The number of hydrogen-bond donors (Lipinski definition) is 0. The smallest absolute Gasteiger partial charge is 0.227 e. The van der Waals surface area contributed by atoms with Gasteiger partial charge < -0.3 is 9.64 Å². The summed E-state index contributed by atoms with van der Waals surface area (Å²) in [6.07, 6.45) is 3.53. The normalized spacial score (nSPS) is 14.4. The lowest BCUT2D eigenvalue weighted by molar-refractivity contribution is -0.119. The van der Waals surface area contributed by atoms with Crippen LogP contribution in [0.2, 0.25) is 0 Å². The maximum absolute atomic E-state index is 12.2. The first-order valence-electron chi connectivity index (χ1n) is 6.79. The second kappa shape index (κ2) is 6.55. The van der Waals surface area contributed by atoms with Crippen molar-refractivity contribution < 1.29 is 9.53 Å². The summed E-state index contributed by atoms with van der Waals surface area (Å²) in [6, 6.07) is 8.22. The molecule has 1 aromatic rings. The summed E-state index contributed by atoms with van der Waals surface area (Å²) >= 11 is 0. The number of hydrogen-bond acceptors (Lipinski definition) is 2. The highest BCUT2D eigenvalue weighted by Gasteiger charge is 2.21. The van der Waals surface area contributed by atoms with Crippen molar-refractivity contribution in [3.63, 3.8) is 0 Å². The summed E-state index contributed by atoms with van der Waals surface area (Å²) in [4.78, 5) is 14.1. The molecule has 3 heteroatoms. The largest absolute Gasteiger partial charge is 0.382 e. The highest BCUT2D eigenvalue weighted by atomic mass is 16.5. The molecule has 0 atom stereocenters. The second-order valence-electron chi connectivity index (χ2n) is 4.58.